The van der Waals surface area contributed by atoms with E-state index in [0.717, 1.165) is 16.5 Å². The Hall–Kier alpha value is -4.48. The molecule has 0 aliphatic carbocycles. The Morgan fingerprint density at radius 2 is 1.89 bits per heavy atom. The molecule has 1 atom stereocenters. The lowest BCUT2D eigenvalue weighted by Gasteiger charge is -2.27. The monoisotopic (exact) mass is 502 g/mol. The molecule has 1 heterocycles. The van der Waals surface area contributed by atoms with E-state index in [1.165, 1.54) is 25.2 Å². The van der Waals surface area contributed by atoms with Crippen LogP contribution in [0, 0.1) is 11.6 Å². The zero-order valence-electron chi connectivity index (χ0n) is 19.2. The molecule has 0 aliphatic heterocycles. The van der Waals surface area contributed by atoms with Crippen LogP contribution >= 0.6 is 0 Å². The fourth-order valence-electron chi connectivity index (χ4n) is 3.21. The molecule has 1 aromatic heterocycles. The molecule has 0 saturated carbocycles. The highest BCUT2D eigenvalue weighted by Crippen LogP contribution is 2.21. The van der Waals surface area contributed by atoms with Crippen molar-refractivity contribution in [2.24, 2.45) is 0 Å². The summed E-state index contributed by atoms with van der Waals surface area (Å²) in [7, 11) is 1.37. The summed E-state index contributed by atoms with van der Waals surface area (Å²) >= 11 is 0. The van der Waals surface area contributed by atoms with Gasteiger partial charge < -0.3 is 24.6 Å². The molecule has 10 nitrogen and oxygen atoms in total. The lowest BCUT2D eigenvalue weighted by atomic mass is 10.1. The van der Waals surface area contributed by atoms with Crippen LogP contribution in [0.1, 0.15) is 18.4 Å². The molecular weight excluding hydrogens is 478 g/mol. The zero-order chi connectivity index (χ0) is 26.1. The molecule has 0 fully saturated rings. The highest BCUT2D eigenvalue weighted by molar-refractivity contribution is 5.83. The van der Waals surface area contributed by atoms with Crippen molar-refractivity contribution < 1.29 is 37.5 Å². The van der Waals surface area contributed by atoms with Crippen LogP contribution in [0.4, 0.5) is 24.3 Å². The second-order valence-corrected chi connectivity index (χ2v) is 7.73. The number of amides is 3. The SMILES string of the molecule is CN(C(=O)NCc1cccc(F)c1F)[C@@H](CCC(=O)O)COC(=O)Nc1cc(-c2ccccc2)no1. The average Bonchev–Trinajstić information content (AvgIpc) is 3.33. The van der Waals surface area contributed by atoms with E-state index in [0.29, 0.717) is 5.69 Å². The van der Waals surface area contributed by atoms with Gasteiger partial charge in [-0.15, -0.1) is 0 Å². The maximum absolute atomic E-state index is 13.8. The first-order valence-corrected chi connectivity index (χ1v) is 10.9. The number of benzene rings is 2. The molecule has 3 N–H and O–H groups in total. The summed E-state index contributed by atoms with van der Waals surface area (Å²) in [5.41, 5.74) is 1.22. The van der Waals surface area contributed by atoms with Crippen LogP contribution in [0.3, 0.4) is 0 Å². The number of anilines is 1. The van der Waals surface area contributed by atoms with Crippen LogP contribution in [0.15, 0.2) is 59.1 Å². The Kier molecular flexibility index (Phi) is 8.92. The predicted molar refractivity (Wildman–Crippen MR) is 124 cm³/mol. The first kappa shape index (κ1) is 26.1. The number of halogens is 2. The third kappa shape index (κ3) is 7.26. The topological polar surface area (TPSA) is 134 Å². The van der Waals surface area contributed by atoms with Crippen molar-refractivity contribution in [1.82, 2.24) is 15.4 Å². The molecule has 0 spiro atoms. The first-order chi connectivity index (χ1) is 17.2. The number of nitrogens with zero attached hydrogens (tertiary/aromatic N) is 2. The number of urea groups is 1. The Morgan fingerprint density at radius 3 is 2.61 bits per heavy atom. The molecule has 0 unspecified atom stereocenters. The number of likely N-dealkylation sites (N-methyl/N-ethyl adjacent to an activating group) is 1. The van der Waals surface area contributed by atoms with Gasteiger partial charge in [0, 0.05) is 37.2 Å². The fraction of sp³-hybridized carbons (Fsp3) is 0.250. The number of hydrogen-bond acceptors (Lipinski definition) is 6. The van der Waals surface area contributed by atoms with Crippen molar-refractivity contribution in [3.05, 3.63) is 71.8 Å². The summed E-state index contributed by atoms with van der Waals surface area (Å²) in [6.45, 7) is -0.633. The standard InChI is InChI=1S/C24H24F2N4O6/c1-30(23(33)27-13-16-8-5-9-18(25)22(16)26)17(10-11-21(31)32)14-35-24(34)28-20-12-19(29-36-20)15-6-3-2-4-7-15/h2-9,12,17H,10-11,13-14H2,1H3,(H,27,33)(H,28,34)(H,31,32)/t17-/m0/s1. The third-order valence-corrected chi connectivity index (χ3v) is 5.23. The molecule has 2 aromatic carbocycles. The second-order valence-electron chi connectivity index (χ2n) is 7.73. The van der Waals surface area contributed by atoms with E-state index < -0.39 is 35.8 Å². The highest BCUT2D eigenvalue weighted by atomic mass is 19.2. The predicted octanol–water partition coefficient (Wildman–Crippen LogP) is 4.24. The number of carbonyl (C=O) groups is 3. The van der Waals surface area contributed by atoms with Crippen molar-refractivity contribution in [1.29, 1.82) is 0 Å². The van der Waals surface area contributed by atoms with Gasteiger partial charge in [0.05, 0.1) is 6.04 Å². The normalized spacial score (nSPS) is 11.4. The lowest BCUT2D eigenvalue weighted by Crippen LogP contribution is -2.46. The second kappa shape index (κ2) is 12.3. The molecule has 0 saturated heterocycles. The van der Waals surface area contributed by atoms with Gasteiger partial charge >= 0.3 is 18.1 Å². The third-order valence-electron chi connectivity index (χ3n) is 5.23. The molecule has 190 valence electrons. The van der Waals surface area contributed by atoms with E-state index in [2.05, 4.69) is 15.8 Å². The van der Waals surface area contributed by atoms with Crippen molar-refractivity contribution in [3.8, 4) is 11.3 Å². The number of aliphatic carboxylic acids is 1. The summed E-state index contributed by atoms with van der Waals surface area (Å²) < 4.78 is 37.4. The van der Waals surface area contributed by atoms with E-state index in [1.807, 2.05) is 30.3 Å². The van der Waals surface area contributed by atoms with Crippen LogP contribution in [-0.4, -0.2) is 53.0 Å². The summed E-state index contributed by atoms with van der Waals surface area (Å²) in [6, 6.07) is 12.7. The van der Waals surface area contributed by atoms with E-state index in [-0.39, 0.29) is 37.4 Å². The van der Waals surface area contributed by atoms with Crippen molar-refractivity contribution >= 4 is 24.0 Å². The lowest BCUT2D eigenvalue weighted by molar-refractivity contribution is -0.137. The molecule has 0 aliphatic rings. The van der Waals surface area contributed by atoms with Gasteiger partial charge in [0.1, 0.15) is 12.3 Å². The Morgan fingerprint density at radius 1 is 1.14 bits per heavy atom. The van der Waals surface area contributed by atoms with Crippen molar-refractivity contribution in [2.45, 2.75) is 25.4 Å². The van der Waals surface area contributed by atoms with Crippen LogP contribution in [0.25, 0.3) is 11.3 Å². The zero-order valence-corrected chi connectivity index (χ0v) is 19.2. The van der Waals surface area contributed by atoms with Gasteiger partial charge in [-0.1, -0.05) is 47.6 Å². The molecular formula is C24H24F2N4O6. The molecule has 12 heteroatoms. The molecule has 0 bridgehead atoms. The quantitative estimate of drug-likeness (QED) is 0.377. The van der Waals surface area contributed by atoms with Crippen molar-refractivity contribution in [3.63, 3.8) is 0 Å². The van der Waals surface area contributed by atoms with E-state index in [1.54, 1.807) is 0 Å². The number of ether oxygens (including phenoxy) is 1. The van der Waals surface area contributed by atoms with Crippen molar-refractivity contribution in [2.75, 3.05) is 19.0 Å². The summed E-state index contributed by atoms with van der Waals surface area (Å²) in [5, 5.41) is 17.7. The van der Waals surface area contributed by atoms with E-state index in [4.69, 9.17) is 14.4 Å². The Bertz CT molecular complexity index is 1200. The average molecular weight is 502 g/mol. The summed E-state index contributed by atoms with van der Waals surface area (Å²) in [5.74, 6) is -3.19. The van der Waals surface area contributed by atoms with Crippen LogP contribution in [0.2, 0.25) is 0 Å². The summed E-state index contributed by atoms with van der Waals surface area (Å²) in [4.78, 5) is 37.0. The van der Waals surface area contributed by atoms with E-state index in [9.17, 15) is 23.2 Å². The van der Waals surface area contributed by atoms with Gasteiger partial charge in [0.15, 0.2) is 11.6 Å². The number of nitrogens with one attached hydrogen (secondary N) is 2. The first-order valence-electron chi connectivity index (χ1n) is 10.9. The van der Waals surface area contributed by atoms with Gasteiger partial charge in [-0.2, -0.15) is 0 Å². The molecule has 3 amide bonds. The number of carbonyl (C=O) groups excluding carboxylic acids is 2. The number of carboxylic acids is 1. The van der Waals surface area contributed by atoms with Gasteiger partial charge in [0.25, 0.3) is 0 Å². The Labute approximate surface area is 204 Å². The minimum absolute atomic E-state index is 0.0265. The van der Waals surface area contributed by atoms with Crippen LogP contribution in [0.5, 0.6) is 0 Å². The Balaban J connectivity index is 1.56. The smallest absolute Gasteiger partial charge is 0.414 e. The fourth-order valence-corrected chi connectivity index (χ4v) is 3.21. The molecule has 3 rings (SSSR count). The number of carboxylic acid groups (broad SMARTS) is 1. The van der Waals surface area contributed by atoms with Gasteiger partial charge in [0.2, 0.25) is 5.88 Å². The maximum Gasteiger partial charge on any atom is 0.414 e. The highest BCUT2D eigenvalue weighted by Gasteiger charge is 2.23. The number of hydrogen-bond donors (Lipinski definition) is 3. The van der Waals surface area contributed by atoms with Crippen LogP contribution in [-0.2, 0) is 16.1 Å². The van der Waals surface area contributed by atoms with E-state index >= 15 is 0 Å². The molecule has 0 radical (unpaired) electrons. The van der Waals surface area contributed by atoms with Gasteiger partial charge in [-0.25, -0.2) is 18.4 Å². The van der Waals surface area contributed by atoms with Crippen LogP contribution < -0.4 is 10.6 Å². The number of aromatic nitrogens is 1. The largest absolute Gasteiger partial charge is 0.481 e. The number of rotatable bonds is 10. The van der Waals surface area contributed by atoms with Gasteiger partial charge in [-0.3, -0.25) is 10.1 Å². The summed E-state index contributed by atoms with van der Waals surface area (Å²) in [6.07, 6.45) is -1.22. The maximum atomic E-state index is 13.8. The minimum atomic E-state index is -1.10. The molecule has 36 heavy (non-hydrogen) atoms. The molecule has 3 aromatic rings. The van der Waals surface area contributed by atoms with Gasteiger partial charge in [-0.05, 0) is 12.5 Å². The minimum Gasteiger partial charge on any atom is -0.481 e.